The molecule has 1 N–H and O–H groups in total. The lowest BCUT2D eigenvalue weighted by atomic mass is 10.3. The highest BCUT2D eigenvalue weighted by Crippen LogP contribution is 2.17. The smallest absolute Gasteiger partial charge is 0.230 e. The number of thioether (sulfide) groups is 1. The summed E-state index contributed by atoms with van der Waals surface area (Å²) in [5, 5.41) is 3.37. The second-order valence-electron chi connectivity index (χ2n) is 4.83. The molecule has 1 amide bonds. The first-order valence-corrected chi connectivity index (χ1v) is 8.34. The van der Waals surface area contributed by atoms with Crippen LogP contribution in [-0.4, -0.2) is 31.6 Å². The molecule has 3 rings (SSSR count). The summed E-state index contributed by atoms with van der Waals surface area (Å²) in [6, 6.07) is 13.0. The van der Waals surface area contributed by atoms with Gasteiger partial charge in [0.1, 0.15) is 0 Å². The second kappa shape index (κ2) is 8.16. The normalized spacial score (nSPS) is 10.3. The Morgan fingerprint density at radius 1 is 0.917 bits per heavy atom. The van der Waals surface area contributed by atoms with E-state index in [0.717, 1.165) is 17.1 Å². The second-order valence-corrected chi connectivity index (χ2v) is 5.77. The molecule has 0 aliphatic rings. The summed E-state index contributed by atoms with van der Waals surface area (Å²) >= 11 is 1.29. The van der Waals surface area contributed by atoms with Crippen molar-refractivity contribution < 1.29 is 4.79 Å². The van der Waals surface area contributed by atoms with Crippen molar-refractivity contribution in [2.24, 2.45) is 0 Å². The Morgan fingerprint density at radius 3 is 2.50 bits per heavy atom. The number of aromatic nitrogens is 4. The third kappa shape index (κ3) is 4.60. The summed E-state index contributed by atoms with van der Waals surface area (Å²) in [5.41, 5.74) is 2.34. The number of hydrogen-bond acceptors (Lipinski definition) is 6. The maximum atomic E-state index is 11.9. The monoisotopic (exact) mass is 337 g/mol. The van der Waals surface area contributed by atoms with Crippen LogP contribution in [0.3, 0.4) is 0 Å². The van der Waals surface area contributed by atoms with Crippen LogP contribution < -0.4 is 5.32 Å². The van der Waals surface area contributed by atoms with Gasteiger partial charge in [-0.15, -0.1) is 0 Å². The summed E-state index contributed by atoms with van der Waals surface area (Å²) < 4.78 is 0. The van der Waals surface area contributed by atoms with Crippen molar-refractivity contribution in [1.82, 2.24) is 25.3 Å². The standard InChI is InChI=1S/C17H15N5OS/c23-16(21-11-13-5-1-3-8-18-13)12-24-17-20-10-7-15(22-17)14-6-2-4-9-19-14/h1-10H,11-12H2,(H,21,23). The maximum Gasteiger partial charge on any atom is 0.230 e. The van der Waals surface area contributed by atoms with Crippen LogP contribution in [0.5, 0.6) is 0 Å². The molecule has 0 aliphatic carbocycles. The Kier molecular flexibility index (Phi) is 5.47. The molecule has 3 aromatic heterocycles. The molecule has 6 nitrogen and oxygen atoms in total. The van der Waals surface area contributed by atoms with Crippen LogP contribution >= 0.6 is 11.8 Å². The molecule has 0 aliphatic heterocycles. The van der Waals surface area contributed by atoms with Gasteiger partial charge in [0.2, 0.25) is 5.91 Å². The first-order valence-electron chi connectivity index (χ1n) is 7.35. The fraction of sp³-hybridized carbons (Fsp3) is 0.118. The number of carbonyl (C=O) groups excluding carboxylic acids is 1. The average Bonchev–Trinajstić information content (AvgIpc) is 2.66. The fourth-order valence-corrected chi connectivity index (χ4v) is 2.60. The van der Waals surface area contributed by atoms with Crippen LogP contribution in [0.2, 0.25) is 0 Å². The first kappa shape index (κ1) is 16.1. The molecular formula is C17H15N5OS. The summed E-state index contributed by atoms with van der Waals surface area (Å²) in [5.74, 6) is 0.163. The molecule has 0 atom stereocenters. The van der Waals surface area contributed by atoms with Crippen molar-refractivity contribution in [1.29, 1.82) is 0 Å². The van der Waals surface area contributed by atoms with Crippen molar-refractivity contribution in [2.75, 3.05) is 5.75 Å². The molecule has 24 heavy (non-hydrogen) atoms. The van der Waals surface area contributed by atoms with E-state index in [-0.39, 0.29) is 11.7 Å². The summed E-state index contributed by atoms with van der Waals surface area (Å²) in [4.78, 5) is 29.0. The van der Waals surface area contributed by atoms with Gasteiger partial charge in [-0.3, -0.25) is 14.8 Å². The molecule has 7 heteroatoms. The minimum Gasteiger partial charge on any atom is -0.350 e. The lowest BCUT2D eigenvalue weighted by Crippen LogP contribution is -2.25. The predicted molar refractivity (Wildman–Crippen MR) is 92.1 cm³/mol. The molecule has 0 unspecified atom stereocenters. The highest BCUT2D eigenvalue weighted by Gasteiger charge is 2.07. The number of amides is 1. The van der Waals surface area contributed by atoms with E-state index in [4.69, 9.17) is 0 Å². The van der Waals surface area contributed by atoms with E-state index in [1.54, 1.807) is 24.7 Å². The van der Waals surface area contributed by atoms with Gasteiger partial charge in [-0.05, 0) is 30.3 Å². The molecule has 120 valence electrons. The van der Waals surface area contributed by atoms with Crippen molar-refractivity contribution in [3.63, 3.8) is 0 Å². The van der Waals surface area contributed by atoms with E-state index < -0.39 is 0 Å². The number of nitrogens with one attached hydrogen (secondary N) is 1. The van der Waals surface area contributed by atoms with E-state index in [2.05, 4.69) is 25.3 Å². The van der Waals surface area contributed by atoms with Crippen LogP contribution in [0, 0.1) is 0 Å². The quantitative estimate of drug-likeness (QED) is 0.549. The van der Waals surface area contributed by atoms with Gasteiger partial charge in [-0.1, -0.05) is 23.9 Å². The third-order valence-electron chi connectivity index (χ3n) is 3.09. The zero-order chi connectivity index (χ0) is 16.6. The van der Waals surface area contributed by atoms with Crippen LogP contribution in [0.25, 0.3) is 11.4 Å². The molecule has 0 saturated heterocycles. The Bertz CT molecular complexity index is 798. The van der Waals surface area contributed by atoms with Gasteiger partial charge in [-0.2, -0.15) is 0 Å². The Hall–Kier alpha value is -2.80. The molecular weight excluding hydrogens is 322 g/mol. The van der Waals surface area contributed by atoms with Crippen LogP contribution in [0.15, 0.2) is 66.2 Å². The molecule has 0 saturated carbocycles. The third-order valence-corrected chi connectivity index (χ3v) is 3.95. The lowest BCUT2D eigenvalue weighted by Gasteiger charge is -2.05. The van der Waals surface area contributed by atoms with E-state index >= 15 is 0 Å². The number of hydrogen-bond donors (Lipinski definition) is 1. The Labute approximate surface area is 143 Å². The number of nitrogens with zero attached hydrogens (tertiary/aromatic N) is 4. The fourth-order valence-electron chi connectivity index (χ4n) is 1.94. The highest BCUT2D eigenvalue weighted by atomic mass is 32.2. The van der Waals surface area contributed by atoms with E-state index in [1.165, 1.54) is 11.8 Å². The minimum atomic E-state index is -0.0857. The van der Waals surface area contributed by atoms with Gasteiger partial charge in [0.25, 0.3) is 0 Å². The van der Waals surface area contributed by atoms with Gasteiger partial charge >= 0.3 is 0 Å². The van der Waals surface area contributed by atoms with E-state index in [9.17, 15) is 4.79 Å². The molecule has 0 spiro atoms. The SMILES string of the molecule is O=C(CSc1nccc(-c2ccccn2)n1)NCc1ccccn1. The van der Waals surface area contributed by atoms with Gasteiger partial charge in [0.15, 0.2) is 5.16 Å². The van der Waals surface area contributed by atoms with Crippen molar-refractivity contribution in [3.8, 4) is 11.4 Å². The number of carbonyl (C=O) groups is 1. The maximum absolute atomic E-state index is 11.9. The Balaban J connectivity index is 1.54. The van der Waals surface area contributed by atoms with Crippen LogP contribution in [0.1, 0.15) is 5.69 Å². The molecule has 3 heterocycles. The van der Waals surface area contributed by atoms with Crippen LogP contribution in [0.4, 0.5) is 0 Å². The van der Waals surface area contributed by atoms with E-state index in [1.807, 2.05) is 36.4 Å². The number of rotatable bonds is 6. The van der Waals surface area contributed by atoms with Gasteiger partial charge in [0, 0.05) is 18.6 Å². The van der Waals surface area contributed by atoms with Crippen molar-refractivity contribution >= 4 is 17.7 Å². The summed E-state index contributed by atoms with van der Waals surface area (Å²) in [6.45, 7) is 0.412. The molecule has 0 fully saturated rings. The van der Waals surface area contributed by atoms with Gasteiger partial charge < -0.3 is 5.32 Å². The number of pyridine rings is 2. The molecule has 0 radical (unpaired) electrons. The van der Waals surface area contributed by atoms with E-state index in [0.29, 0.717) is 11.7 Å². The first-order chi connectivity index (χ1) is 11.8. The zero-order valence-electron chi connectivity index (χ0n) is 12.8. The Morgan fingerprint density at radius 2 is 1.75 bits per heavy atom. The molecule has 0 aromatic carbocycles. The average molecular weight is 337 g/mol. The summed E-state index contributed by atoms with van der Waals surface area (Å²) in [7, 11) is 0. The van der Waals surface area contributed by atoms with Gasteiger partial charge in [-0.25, -0.2) is 9.97 Å². The highest BCUT2D eigenvalue weighted by molar-refractivity contribution is 7.99. The zero-order valence-corrected chi connectivity index (χ0v) is 13.6. The van der Waals surface area contributed by atoms with Gasteiger partial charge in [0.05, 0.1) is 29.4 Å². The molecule has 0 bridgehead atoms. The van der Waals surface area contributed by atoms with Crippen molar-refractivity contribution in [2.45, 2.75) is 11.7 Å². The molecule has 3 aromatic rings. The van der Waals surface area contributed by atoms with Crippen molar-refractivity contribution in [3.05, 3.63) is 66.7 Å². The minimum absolute atomic E-state index is 0.0857. The van der Waals surface area contributed by atoms with Crippen LogP contribution in [-0.2, 0) is 11.3 Å². The lowest BCUT2D eigenvalue weighted by molar-refractivity contribution is -0.118. The largest absolute Gasteiger partial charge is 0.350 e. The topological polar surface area (TPSA) is 80.7 Å². The predicted octanol–water partition coefficient (Wildman–Crippen LogP) is 2.34. The summed E-state index contributed by atoms with van der Waals surface area (Å²) in [6.07, 6.45) is 5.09.